The van der Waals surface area contributed by atoms with E-state index in [-0.39, 0.29) is 0 Å². The second kappa shape index (κ2) is 5.48. The van der Waals surface area contributed by atoms with Crippen molar-refractivity contribution in [2.45, 2.75) is 6.42 Å². The van der Waals surface area contributed by atoms with Crippen LogP contribution < -0.4 is 4.74 Å². The lowest BCUT2D eigenvalue weighted by atomic mass is 10.1. The summed E-state index contributed by atoms with van der Waals surface area (Å²) in [5.41, 5.74) is 1.05. The first-order valence-electron chi connectivity index (χ1n) is 6.29. The molecule has 0 spiro atoms. The van der Waals surface area contributed by atoms with Crippen molar-refractivity contribution in [1.82, 2.24) is 9.97 Å². The fourth-order valence-corrected chi connectivity index (χ4v) is 2.03. The van der Waals surface area contributed by atoms with Crippen molar-refractivity contribution < 1.29 is 4.74 Å². The molecule has 2 heterocycles. The van der Waals surface area contributed by atoms with Gasteiger partial charge in [-0.2, -0.15) is 0 Å². The van der Waals surface area contributed by atoms with Gasteiger partial charge in [-0.1, -0.05) is 18.2 Å². The van der Waals surface area contributed by atoms with E-state index in [9.17, 15) is 0 Å². The molecule has 3 aromatic rings. The van der Waals surface area contributed by atoms with Crippen LogP contribution in [0.5, 0.6) is 5.75 Å². The molecule has 94 valence electrons. The maximum absolute atomic E-state index is 5.86. The number of fused-ring (bicyclic) bond motifs is 1. The van der Waals surface area contributed by atoms with Crippen LogP contribution in [-0.4, -0.2) is 16.6 Å². The Balaban J connectivity index is 1.72. The van der Waals surface area contributed by atoms with Gasteiger partial charge in [0.05, 0.1) is 6.61 Å². The normalized spacial score (nSPS) is 10.5. The van der Waals surface area contributed by atoms with Gasteiger partial charge in [0.25, 0.3) is 0 Å². The molecule has 3 heteroatoms. The molecule has 0 fully saturated rings. The number of aromatic nitrogens is 2. The molecule has 19 heavy (non-hydrogen) atoms. The molecule has 0 bridgehead atoms. The Hall–Kier alpha value is -2.42. The van der Waals surface area contributed by atoms with Crippen LogP contribution in [0.2, 0.25) is 0 Å². The molecule has 0 aliphatic rings. The standard InChI is InChI=1S/C16H14N2O/c1-2-9-18-14(5-1)8-11-19-16-6-3-4-13-12-17-10-7-15(13)16/h1-7,9-10,12H,8,11H2. The molecule has 0 aliphatic carbocycles. The minimum atomic E-state index is 0.623. The molecule has 0 unspecified atom stereocenters. The van der Waals surface area contributed by atoms with Gasteiger partial charge in [0.1, 0.15) is 5.75 Å². The van der Waals surface area contributed by atoms with E-state index in [1.807, 2.05) is 48.7 Å². The maximum Gasteiger partial charge on any atom is 0.127 e. The van der Waals surface area contributed by atoms with Crippen LogP contribution in [0.1, 0.15) is 5.69 Å². The smallest absolute Gasteiger partial charge is 0.127 e. The lowest BCUT2D eigenvalue weighted by Crippen LogP contribution is -2.02. The van der Waals surface area contributed by atoms with Gasteiger partial charge in [-0.25, -0.2) is 0 Å². The first-order valence-corrected chi connectivity index (χ1v) is 6.29. The second-order valence-electron chi connectivity index (χ2n) is 4.27. The van der Waals surface area contributed by atoms with Crippen molar-refractivity contribution in [3.63, 3.8) is 0 Å². The summed E-state index contributed by atoms with van der Waals surface area (Å²) >= 11 is 0. The summed E-state index contributed by atoms with van der Waals surface area (Å²) in [6.07, 6.45) is 6.25. The molecule has 0 saturated carbocycles. The largest absolute Gasteiger partial charge is 0.493 e. The summed E-state index contributed by atoms with van der Waals surface area (Å²) in [5, 5.41) is 2.19. The van der Waals surface area contributed by atoms with Crippen molar-refractivity contribution in [3.05, 3.63) is 66.7 Å². The number of ether oxygens (including phenoxy) is 1. The molecule has 0 aliphatic heterocycles. The summed E-state index contributed by atoms with van der Waals surface area (Å²) in [6.45, 7) is 0.623. The van der Waals surface area contributed by atoms with E-state index in [0.29, 0.717) is 6.61 Å². The van der Waals surface area contributed by atoms with E-state index in [2.05, 4.69) is 9.97 Å². The number of hydrogen-bond acceptors (Lipinski definition) is 3. The number of nitrogens with zero attached hydrogens (tertiary/aromatic N) is 2. The van der Waals surface area contributed by atoms with E-state index in [0.717, 1.165) is 28.6 Å². The van der Waals surface area contributed by atoms with E-state index in [1.54, 1.807) is 12.4 Å². The minimum absolute atomic E-state index is 0.623. The lowest BCUT2D eigenvalue weighted by molar-refractivity contribution is 0.324. The van der Waals surface area contributed by atoms with Gasteiger partial charge >= 0.3 is 0 Å². The number of rotatable bonds is 4. The molecule has 3 nitrogen and oxygen atoms in total. The summed E-state index contributed by atoms with van der Waals surface area (Å²) < 4.78 is 5.86. The van der Waals surface area contributed by atoms with Gasteiger partial charge in [0, 0.05) is 41.5 Å². The zero-order valence-electron chi connectivity index (χ0n) is 10.5. The van der Waals surface area contributed by atoms with Crippen molar-refractivity contribution in [2.75, 3.05) is 6.61 Å². The highest BCUT2D eigenvalue weighted by molar-refractivity contribution is 5.87. The third-order valence-electron chi connectivity index (χ3n) is 2.98. The van der Waals surface area contributed by atoms with Crippen molar-refractivity contribution >= 4 is 10.8 Å². The van der Waals surface area contributed by atoms with Crippen LogP contribution in [0.3, 0.4) is 0 Å². The van der Waals surface area contributed by atoms with E-state index in [4.69, 9.17) is 4.74 Å². The SMILES string of the molecule is c1ccc(CCOc2cccc3cnccc23)nc1. The molecule has 0 radical (unpaired) electrons. The monoisotopic (exact) mass is 250 g/mol. The number of hydrogen-bond donors (Lipinski definition) is 0. The summed E-state index contributed by atoms with van der Waals surface area (Å²) in [5.74, 6) is 0.899. The van der Waals surface area contributed by atoms with Crippen LogP contribution in [0.25, 0.3) is 10.8 Å². The molecular weight excluding hydrogens is 236 g/mol. The van der Waals surface area contributed by atoms with E-state index < -0.39 is 0 Å². The van der Waals surface area contributed by atoms with Crippen LogP contribution >= 0.6 is 0 Å². The van der Waals surface area contributed by atoms with Gasteiger partial charge in [-0.05, 0) is 24.3 Å². The zero-order valence-corrected chi connectivity index (χ0v) is 10.5. The van der Waals surface area contributed by atoms with Crippen molar-refractivity contribution in [2.24, 2.45) is 0 Å². The summed E-state index contributed by atoms with van der Waals surface area (Å²) in [7, 11) is 0. The quantitative estimate of drug-likeness (QED) is 0.713. The number of benzene rings is 1. The predicted octanol–water partition coefficient (Wildman–Crippen LogP) is 3.25. The number of pyridine rings is 2. The van der Waals surface area contributed by atoms with E-state index >= 15 is 0 Å². The first kappa shape index (κ1) is 11.7. The van der Waals surface area contributed by atoms with Crippen molar-refractivity contribution in [1.29, 1.82) is 0 Å². The highest BCUT2D eigenvalue weighted by Gasteiger charge is 2.01. The topological polar surface area (TPSA) is 35.0 Å². The molecule has 0 N–H and O–H groups in total. The Morgan fingerprint density at radius 2 is 1.95 bits per heavy atom. The fourth-order valence-electron chi connectivity index (χ4n) is 2.03. The molecule has 2 aromatic heterocycles. The molecule has 0 saturated heterocycles. The average Bonchev–Trinajstić information content (AvgIpc) is 2.49. The Kier molecular flexibility index (Phi) is 3.36. The van der Waals surface area contributed by atoms with Crippen LogP contribution in [-0.2, 0) is 6.42 Å². The first-order chi connectivity index (χ1) is 9.43. The highest BCUT2D eigenvalue weighted by atomic mass is 16.5. The molecule has 1 aromatic carbocycles. The minimum Gasteiger partial charge on any atom is -0.493 e. The zero-order chi connectivity index (χ0) is 12.9. The van der Waals surface area contributed by atoms with E-state index in [1.165, 1.54) is 0 Å². The van der Waals surface area contributed by atoms with Gasteiger partial charge in [0.15, 0.2) is 0 Å². The molecule has 0 amide bonds. The Morgan fingerprint density at radius 3 is 2.84 bits per heavy atom. The predicted molar refractivity (Wildman–Crippen MR) is 75.2 cm³/mol. The molecule has 3 rings (SSSR count). The van der Waals surface area contributed by atoms with Gasteiger partial charge in [-0.15, -0.1) is 0 Å². The third-order valence-corrected chi connectivity index (χ3v) is 2.98. The summed E-state index contributed by atoms with van der Waals surface area (Å²) in [4.78, 5) is 8.40. The Bertz CT molecular complexity index is 662. The second-order valence-corrected chi connectivity index (χ2v) is 4.27. The van der Waals surface area contributed by atoms with Gasteiger partial charge in [-0.3, -0.25) is 9.97 Å². The van der Waals surface area contributed by atoms with Crippen LogP contribution in [0.4, 0.5) is 0 Å². The average molecular weight is 250 g/mol. The Morgan fingerprint density at radius 1 is 0.947 bits per heavy atom. The maximum atomic E-state index is 5.86. The van der Waals surface area contributed by atoms with Crippen molar-refractivity contribution in [3.8, 4) is 5.75 Å². The lowest BCUT2D eigenvalue weighted by Gasteiger charge is -2.08. The third kappa shape index (κ3) is 2.71. The van der Waals surface area contributed by atoms with Gasteiger partial charge in [0.2, 0.25) is 0 Å². The van der Waals surface area contributed by atoms with Crippen LogP contribution in [0, 0.1) is 0 Å². The fraction of sp³-hybridized carbons (Fsp3) is 0.125. The molecule has 0 atom stereocenters. The van der Waals surface area contributed by atoms with Gasteiger partial charge < -0.3 is 4.74 Å². The van der Waals surface area contributed by atoms with Crippen LogP contribution in [0.15, 0.2) is 61.1 Å². The highest BCUT2D eigenvalue weighted by Crippen LogP contribution is 2.24. The summed E-state index contributed by atoms with van der Waals surface area (Å²) in [6, 6.07) is 13.9. The molecular formula is C16H14N2O. The Labute approximate surface area is 111 Å².